The van der Waals surface area contributed by atoms with Crippen LogP contribution in [0, 0.1) is 6.92 Å². The second kappa shape index (κ2) is 8.75. The van der Waals surface area contributed by atoms with Gasteiger partial charge in [-0.05, 0) is 37.1 Å². The van der Waals surface area contributed by atoms with Crippen molar-refractivity contribution in [3.63, 3.8) is 0 Å². The Bertz CT molecular complexity index is 1000. The van der Waals surface area contributed by atoms with E-state index in [0.29, 0.717) is 18.7 Å². The van der Waals surface area contributed by atoms with Crippen molar-refractivity contribution in [3.8, 4) is 0 Å². The number of aryl methyl sites for hydroxylation is 1. The van der Waals surface area contributed by atoms with Gasteiger partial charge >= 0.3 is 0 Å². The third-order valence-corrected chi connectivity index (χ3v) is 5.98. The third-order valence-electron chi connectivity index (χ3n) is 4.78. The lowest BCUT2D eigenvalue weighted by atomic mass is 10.1. The molecule has 0 spiro atoms. The quantitative estimate of drug-likeness (QED) is 0.753. The number of nitrogens with zero attached hydrogens (tertiary/aromatic N) is 2. The molecule has 8 heteroatoms. The van der Waals surface area contributed by atoms with E-state index in [4.69, 9.17) is 0 Å². The Kier molecular flexibility index (Phi) is 6.34. The number of nitrogens with one attached hydrogen (secondary N) is 1. The zero-order chi connectivity index (χ0) is 21.0. The van der Waals surface area contributed by atoms with Crippen molar-refractivity contribution in [1.82, 2.24) is 4.31 Å². The maximum absolute atomic E-state index is 12.5. The predicted octanol–water partition coefficient (Wildman–Crippen LogP) is 2.52. The Morgan fingerprint density at radius 2 is 1.90 bits per heavy atom. The minimum Gasteiger partial charge on any atom is -0.325 e. The van der Waals surface area contributed by atoms with Crippen molar-refractivity contribution >= 4 is 33.2 Å². The summed E-state index contributed by atoms with van der Waals surface area (Å²) in [5, 5.41) is 2.74. The standard InChI is InChI=1S/C21H25N3O4S/c1-16-8-10-17(11-9-16)14-23(29(2,27)28)15-20(25)22-18-5-3-6-19(13-18)24-12-4-7-21(24)26/h3,5-6,8-11,13H,4,7,12,14-15H2,1-2H3,(H,22,25). The number of anilines is 2. The van der Waals surface area contributed by atoms with Crippen molar-refractivity contribution < 1.29 is 18.0 Å². The maximum atomic E-state index is 12.5. The van der Waals surface area contributed by atoms with E-state index in [0.717, 1.165) is 33.8 Å². The van der Waals surface area contributed by atoms with Crippen LogP contribution in [0.4, 0.5) is 11.4 Å². The van der Waals surface area contributed by atoms with E-state index in [-0.39, 0.29) is 19.0 Å². The monoisotopic (exact) mass is 415 g/mol. The van der Waals surface area contributed by atoms with E-state index in [1.54, 1.807) is 23.1 Å². The molecule has 1 N–H and O–H groups in total. The van der Waals surface area contributed by atoms with Crippen molar-refractivity contribution in [2.24, 2.45) is 0 Å². The van der Waals surface area contributed by atoms with Gasteiger partial charge in [-0.2, -0.15) is 4.31 Å². The molecule has 2 aromatic rings. The Hall–Kier alpha value is -2.71. The highest BCUT2D eigenvalue weighted by Crippen LogP contribution is 2.24. The highest BCUT2D eigenvalue weighted by molar-refractivity contribution is 7.88. The van der Waals surface area contributed by atoms with Crippen LogP contribution in [0.3, 0.4) is 0 Å². The van der Waals surface area contributed by atoms with Gasteiger partial charge in [-0.1, -0.05) is 35.9 Å². The summed E-state index contributed by atoms with van der Waals surface area (Å²) in [6.45, 7) is 2.44. The van der Waals surface area contributed by atoms with Gasteiger partial charge in [-0.3, -0.25) is 9.59 Å². The van der Waals surface area contributed by atoms with Gasteiger partial charge in [0, 0.05) is 30.9 Å². The van der Waals surface area contributed by atoms with Crippen LogP contribution in [0.1, 0.15) is 24.0 Å². The van der Waals surface area contributed by atoms with E-state index in [1.807, 2.05) is 37.3 Å². The number of rotatable bonds is 7. The van der Waals surface area contributed by atoms with Gasteiger partial charge in [-0.15, -0.1) is 0 Å². The Morgan fingerprint density at radius 3 is 2.52 bits per heavy atom. The van der Waals surface area contributed by atoms with Gasteiger partial charge in [0.05, 0.1) is 12.8 Å². The summed E-state index contributed by atoms with van der Waals surface area (Å²) < 4.78 is 25.5. The lowest BCUT2D eigenvalue weighted by molar-refractivity contribution is -0.117. The smallest absolute Gasteiger partial charge is 0.239 e. The van der Waals surface area contributed by atoms with Gasteiger partial charge in [0.15, 0.2) is 0 Å². The van der Waals surface area contributed by atoms with Crippen LogP contribution in [-0.4, -0.2) is 43.9 Å². The molecule has 7 nitrogen and oxygen atoms in total. The van der Waals surface area contributed by atoms with Crippen LogP contribution < -0.4 is 10.2 Å². The molecule has 3 rings (SSSR count). The van der Waals surface area contributed by atoms with Crippen molar-refractivity contribution in [2.45, 2.75) is 26.3 Å². The first-order valence-electron chi connectivity index (χ1n) is 9.43. The highest BCUT2D eigenvalue weighted by atomic mass is 32.2. The number of carbonyl (C=O) groups excluding carboxylic acids is 2. The zero-order valence-corrected chi connectivity index (χ0v) is 17.4. The highest BCUT2D eigenvalue weighted by Gasteiger charge is 2.23. The average molecular weight is 416 g/mol. The fraction of sp³-hybridized carbons (Fsp3) is 0.333. The molecule has 1 saturated heterocycles. The third kappa shape index (κ3) is 5.65. The molecule has 1 aliphatic heterocycles. The lowest BCUT2D eigenvalue weighted by Crippen LogP contribution is -2.36. The Balaban J connectivity index is 1.68. The van der Waals surface area contributed by atoms with Gasteiger partial charge in [-0.25, -0.2) is 8.42 Å². The van der Waals surface area contributed by atoms with E-state index in [1.165, 1.54) is 0 Å². The molecule has 154 valence electrons. The summed E-state index contributed by atoms with van der Waals surface area (Å²) in [6.07, 6.45) is 2.44. The number of amides is 2. The van der Waals surface area contributed by atoms with E-state index >= 15 is 0 Å². The summed E-state index contributed by atoms with van der Waals surface area (Å²) in [7, 11) is -3.57. The molecule has 2 amide bonds. The van der Waals surface area contributed by atoms with Crippen LogP contribution in [0.15, 0.2) is 48.5 Å². The summed E-state index contributed by atoms with van der Waals surface area (Å²) >= 11 is 0. The van der Waals surface area contributed by atoms with Crippen LogP contribution in [0.5, 0.6) is 0 Å². The first-order chi connectivity index (χ1) is 13.7. The molecular formula is C21H25N3O4S. The van der Waals surface area contributed by atoms with E-state index in [9.17, 15) is 18.0 Å². The summed E-state index contributed by atoms with van der Waals surface area (Å²) in [6, 6.07) is 14.5. The molecule has 0 radical (unpaired) electrons. The van der Waals surface area contributed by atoms with Crippen LogP contribution in [0.25, 0.3) is 0 Å². The Morgan fingerprint density at radius 1 is 1.17 bits per heavy atom. The number of hydrogen-bond acceptors (Lipinski definition) is 4. The molecule has 29 heavy (non-hydrogen) atoms. The summed E-state index contributed by atoms with van der Waals surface area (Å²) in [5.74, 6) is -0.373. The molecule has 1 aliphatic rings. The molecule has 0 bridgehead atoms. The van der Waals surface area contributed by atoms with E-state index in [2.05, 4.69) is 5.32 Å². The minimum absolute atomic E-state index is 0.0647. The molecule has 0 unspecified atom stereocenters. The molecule has 1 heterocycles. The second-order valence-corrected chi connectivity index (χ2v) is 9.25. The average Bonchev–Trinajstić information content (AvgIpc) is 3.08. The molecule has 0 atom stereocenters. The lowest BCUT2D eigenvalue weighted by Gasteiger charge is -2.20. The van der Waals surface area contributed by atoms with Crippen molar-refractivity contribution in [2.75, 3.05) is 29.6 Å². The molecular weight excluding hydrogens is 390 g/mol. The number of sulfonamides is 1. The summed E-state index contributed by atoms with van der Waals surface area (Å²) in [5.41, 5.74) is 3.14. The minimum atomic E-state index is -3.57. The predicted molar refractivity (Wildman–Crippen MR) is 113 cm³/mol. The SMILES string of the molecule is Cc1ccc(CN(CC(=O)Nc2cccc(N3CCCC3=O)c2)S(C)(=O)=O)cc1. The molecule has 0 aromatic heterocycles. The van der Waals surface area contributed by atoms with Crippen LogP contribution >= 0.6 is 0 Å². The first-order valence-corrected chi connectivity index (χ1v) is 11.3. The molecule has 1 fully saturated rings. The van der Waals surface area contributed by atoms with Crippen molar-refractivity contribution in [3.05, 3.63) is 59.7 Å². The fourth-order valence-electron chi connectivity index (χ4n) is 3.22. The number of hydrogen-bond donors (Lipinski definition) is 1. The normalized spacial score (nSPS) is 14.4. The van der Waals surface area contributed by atoms with E-state index < -0.39 is 15.9 Å². The second-order valence-electron chi connectivity index (χ2n) is 7.26. The summed E-state index contributed by atoms with van der Waals surface area (Å²) in [4.78, 5) is 26.1. The first kappa shape index (κ1) is 21.0. The molecule has 0 saturated carbocycles. The van der Waals surface area contributed by atoms with Crippen molar-refractivity contribution in [1.29, 1.82) is 0 Å². The maximum Gasteiger partial charge on any atom is 0.239 e. The zero-order valence-electron chi connectivity index (χ0n) is 16.6. The molecule has 0 aliphatic carbocycles. The van der Waals surface area contributed by atoms with Gasteiger partial charge in [0.1, 0.15) is 0 Å². The molecule has 2 aromatic carbocycles. The largest absolute Gasteiger partial charge is 0.325 e. The Labute approximate surface area is 171 Å². The van der Waals surface area contributed by atoms with Crippen LogP contribution in [-0.2, 0) is 26.2 Å². The van der Waals surface area contributed by atoms with Crippen LogP contribution in [0.2, 0.25) is 0 Å². The van der Waals surface area contributed by atoms with Gasteiger partial charge < -0.3 is 10.2 Å². The topological polar surface area (TPSA) is 86.8 Å². The fourth-order valence-corrected chi connectivity index (χ4v) is 3.96. The number of benzene rings is 2. The number of carbonyl (C=O) groups is 2. The van der Waals surface area contributed by atoms with Gasteiger partial charge in [0.2, 0.25) is 21.8 Å². The van der Waals surface area contributed by atoms with Gasteiger partial charge in [0.25, 0.3) is 0 Å².